The summed E-state index contributed by atoms with van der Waals surface area (Å²) in [5.41, 5.74) is 2.87. The van der Waals surface area contributed by atoms with E-state index < -0.39 is 0 Å². The molecule has 1 heterocycles. The quantitative estimate of drug-likeness (QED) is 0.886. The molecule has 1 aliphatic heterocycles. The summed E-state index contributed by atoms with van der Waals surface area (Å²) in [6.45, 7) is 1.80. The summed E-state index contributed by atoms with van der Waals surface area (Å²) in [6.07, 6.45) is 1.42. The van der Waals surface area contributed by atoms with Crippen LogP contribution in [0.3, 0.4) is 0 Å². The highest BCUT2D eigenvalue weighted by molar-refractivity contribution is 5.94. The number of amides is 2. The second kappa shape index (κ2) is 8.71. The fraction of sp³-hybridized carbons (Fsp3) is 0.364. The van der Waals surface area contributed by atoms with Gasteiger partial charge in [0.1, 0.15) is 0 Å². The molecule has 5 heteroatoms. The van der Waals surface area contributed by atoms with E-state index in [1.807, 2.05) is 78.5 Å². The number of piperidine rings is 1. The van der Waals surface area contributed by atoms with Gasteiger partial charge in [0.2, 0.25) is 5.91 Å². The normalized spacial score (nSPS) is 14.7. The van der Waals surface area contributed by atoms with E-state index in [2.05, 4.69) is 5.32 Å². The molecule has 1 saturated heterocycles. The van der Waals surface area contributed by atoms with Crippen molar-refractivity contribution in [3.8, 4) is 0 Å². The van der Waals surface area contributed by atoms with Crippen LogP contribution in [0.2, 0.25) is 0 Å². The molecule has 3 rings (SSSR count). The van der Waals surface area contributed by atoms with Gasteiger partial charge < -0.3 is 15.1 Å². The number of rotatable bonds is 5. The van der Waals surface area contributed by atoms with Gasteiger partial charge in [-0.3, -0.25) is 9.59 Å². The third-order valence-electron chi connectivity index (χ3n) is 5.09. The van der Waals surface area contributed by atoms with Crippen molar-refractivity contribution in [1.29, 1.82) is 0 Å². The van der Waals surface area contributed by atoms with Crippen LogP contribution in [-0.2, 0) is 11.3 Å². The number of hydrogen-bond acceptors (Lipinski definition) is 3. The standard InChI is InChI=1S/C22H27N3O2/c1-24(2)20-10-8-19(9-11-20)22(27)25-14-12-18(13-15-25)21(26)23-16-17-6-4-3-5-7-17/h3-11,18H,12-16H2,1-2H3,(H,23,26). The Bertz CT molecular complexity index is 764. The summed E-state index contributed by atoms with van der Waals surface area (Å²) in [6, 6.07) is 17.6. The molecule has 2 aromatic carbocycles. The molecule has 2 amide bonds. The lowest BCUT2D eigenvalue weighted by Gasteiger charge is -2.31. The van der Waals surface area contributed by atoms with Crippen LogP contribution in [-0.4, -0.2) is 43.9 Å². The summed E-state index contributed by atoms with van der Waals surface area (Å²) in [5.74, 6) is 0.110. The highest BCUT2D eigenvalue weighted by Crippen LogP contribution is 2.20. The maximum Gasteiger partial charge on any atom is 0.253 e. The monoisotopic (exact) mass is 365 g/mol. The van der Waals surface area contributed by atoms with Gasteiger partial charge in [-0.25, -0.2) is 0 Å². The van der Waals surface area contributed by atoms with Gasteiger partial charge in [0.15, 0.2) is 0 Å². The van der Waals surface area contributed by atoms with Gasteiger partial charge >= 0.3 is 0 Å². The lowest BCUT2D eigenvalue weighted by Crippen LogP contribution is -2.42. The largest absolute Gasteiger partial charge is 0.378 e. The molecular weight excluding hydrogens is 338 g/mol. The van der Waals surface area contributed by atoms with Crippen LogP contribution in [0.4, 0.5) is 5.69 Å². The van der Waals surface area contributed by atoms with Gasteiger partial charge in [-0.15, -0.1) is 0 Å². The van der Waals surface area contributed by atoms with Crippen LogP contribution in [0.15, 0.2) is 54.6 Å². The smallest absolute Gasteiger partial charge is 0.253 e. The van der Waals surface area contributed by atoms with Crippen LogP contribution in [0.1, 0.15) is 28.8 Å². The third kappa shape index (κ3) is 4.88. The minimum absolute atomic E-state index is 0.0196. The summed E-state index contributed by atoms with van der Waals surface area (Å²) in [4.78, 5) is 28.9. The number of hydrogen-bond donors (Lipinski definition) is 1. The Kier molecular flexibility index (Phi) is 6.12. The number of carbonyl (C=O) groups excluding carboxylic acids is 2. The zero-order valence-electron chi connectivity index (χ0n) is 16.0. The van der Waals surface area contributed by atoms with Crippen molar-refractivity contribution in [3.05, 3.63) is 65.7 Å². The number of benzene rings is 2. The van der Waals surface area contributed by atoms with Crippen molar-refractivity contribution in [1.82, 2.24) is 10.2 Å². The lowest BCUT2D eigenvalue weighted by molar-refractivity contribution is -0.126. The van der Waals surface area contributed by atoms with Crippen LogP contribution < -0.4 is 10.2 Å². The highest BCUT2D eigenvalue weighted by atomic mass is 16.2. The lowest BCUT2D eigenvalue weighted by atomic mass is 9.95. The predicted octanol–water partition coefficient (Wildman–Crippen LogP) is 2.92. The zero-order valence-corrected chi connectivity index (χ0v) is 16.0. The number of anilines is 1. The summed E-state index contributed by atoms with van der Waals surface area (Å²) in [7, 11) is 3.95. The highest BCUT2D eigenvalue weighted by Gasteiger charge is 2.27. The first kappa shape index (κ1) is 19.0. The van der Waals surface area contributed by atoms with E-state index in [0.29, 0.717) is 38.0 Å². The molecule has 1 N–H and O–H groups in total. The summed E-state index contributed by atoms with van der Waals surface area (Å²) >= 11 is 0. The Morgan fingerprint density at radius 1 is 1.00 bits per heavy atom. The molecular formula is C22H27N3O2. The number of nitrogens with zero attached hydrogens (tertiary/aromatic N) is 2. The molecule has 1 fully saturated rings. The Morgan fingerprint density at radius 3 is 2.22 bits per heavy atom. The first-order valence-electron chi connectivity index (χ1n) is 9.43. The second-order valence-corrected chi connectivity index (χ2v) is 7.21. The number of carbonyl (C=O) groups is 2. The molecule has 0 aromatic heterocycles. The second-order valence-electron chi connectivity index (χ2n) is 7.21. The van der Waals surface area contributed by atoms with Crippen LogP contribution in [0, 0.1) is 5.92 Å². The molecule has 142 valence electrons. The third-order valence-corrected chi connectivity index (χ3v) is 5.09. The molecule has 5 nitrogen and oxygen atoms in total. The molecule has 0 unspecified atom stereocenters. The van der Waals surface area contributed by atoms with Crippen LogP contribution in [0.5, 0.6) is 0 Å². The van der Waals surface area contributed by atoms with Gasteiger partial charge in [-0.2, -0.15) is 0 Å². The molecule has 0 atom stereocenters. The number of nitrogens with one attached hydrogen (secondary N) is 1. The minimum Gasteiger partial charge on any atom is -0.378 e. The van der Waals surface area contributed by atoms with E-state index in [1.54, 1.807) is 0 Å². The van der Waals surface area contributed by atoms with E-state index in [4.69, 9.17) is 0 Å². The van der Waals surface area contributed by atoms with Crippen LogP contribution in [0.25, 0.3) is 0 Å². The van der Waals surface area contributed by atoms with Crippen molar-refractivity contribution in [2.45, 2.75) is 19.4 Å². The van der Waals surface area contributed by atoms with E-state index in [-0.39, 0.29) is 17.7 Å². The number of likely N-dealkylation sites (tertiary alicyclic amines) is 1. The van der Waals surface area contributed by atoms with E-state index in [0.717, 1.165) is 11.3 Å². The van der Waals surface area contributed by atoms with Crippen molar-refractivity contribution < 1.29 is 9.59 Å². The molecule has 27 heavy (non-hydrogen) atoms. The molecule has 0 radical (unpaired) electrons. The van der Waals surface area contributed by atoms with Gasteiger partial charge in [0, 0.05) is 50.9 Å². The predicted molar refractivity (Wildman–Crippen MR) is 108 cm³/mol. The maximum atomic E-state index is 12.7. The molecule has 0 aliphatic carbocycles. The summed E-state index contributed by atoms with van der Waals surface area (Å²) in [5, 5.41) is 3.01. The average Bonchev–Trinajstić information content (AvgIpc) is 2.72. The van der Waals surface area contributed by atoms with Gasteiger partial charge in [0.05, 0.1) is 0 Å². The fourth-order valence-corrected chi connectivity index (χ4v) is 3.36. The van der Waals surface area contributed by atoms with Crippen molar-refractivity contribution in [2.75, 3.05) is 32.1 Å². The van der Waals surface area contributed by atoms with E-state index in [9.17, 15) is 9.59 Å². The molecule has 2 aromatic rings. The Labute approximate surface area is 161 Å². The Morgan fingerprint density at radius 2 is 1.63 bits per heavy atom. The molecule has 0 saturated carbocycles. The fourth-order valence-electron chi connectivity index (χ4n) is 3.36. The summed E-state index contributed by atoms with van der Waals surface area (Å²) < 4.78 is 0. The molecule has 1 aliphatic rings. The van der Waals surface area contributed by atoms with Crippen molar-refractivity contribution in [2.24, 2.45) is 5.92 Å². The molecule has 0 spiro atoms. The topological polar surface area (TPSA) is 52.7 Å². The zero-order chi connectivity index (χ0) is 19.2. The minimum atomic E-state index is -0.0196. The first-order valence-corrected chi connectivity index (χ1v) is 9.43. The SMILES string of the molecule is CN(C)c1ccc(C(=O)N2CCC(C(=O)NCc3ccccc3)CC2)cc1. The van der Waals surface area contributed by atoms with Crippen LogP contribution >= 0.6 is 0 Å². The molecule has 0 bridgehead atoms. The maximum absolute atomic E-state index is 12.7. The van der Waals surface area contributed by atoms with Crippen molar-refractivity contribution >= 4 is 17.5 Å². The first-order chi connectivity index (χ1) is 13.0. The van der Waals surface area contributed by atoms with Gasteiger partial charge in [-0.1, -0.05) is 30.3 Å². The van der Waals surface area contributed by atoms with Gasteiger partial charge in [0.25, 0.3) is 5.91 Å². The Balaban J connectivity index is 1.49. The van der Waals surface area contributed by atoms with Gasteiger partial charge in [-0.05, 0) is 42.7 Å². The van der Waals surface area contributed by atoms with E-state index in [1.165, 1.54) is 0 Å². The average molecular weight is 365 g/mol. The van der Waals surface area contributed by atoms with Crippen molar-refractivity contribution in [3.63, 3.8) is 0 Å². The van der Waals surface area contributed by atoms with E-state index >= 15 is 0 Å². The Hall–Kier alpha value is -2.82.